The largest absolute Gasteiger partial charge is 0.494 e. The summed E-state index contributed by atoms with van der Waals surface area (Å²) in [4.78, 5) is 17.7. The molecule has 0 saturated heterocycles. The summed E-state index contributed by atoms with van der Waals surface area (Å²) in [6.45, 7) is 2.45. The molecule has 1 amide bonds. The number of aliphatic hydroxyl groups excluding tert-OH is 1. The Bertz CT molecular complexity index is 1090. The number of halogens is 5. The number of carbonyl (C=O) groups is 1. The van der Waals surface area contributed by atoms with Crippen LogP contribution in [0.5, 0.6) is 5.75 Å². The van der Waals surface area contributed by atoms with Crippen molar-refractivity contribution in [2.75, 3.05) is 19.8 Å². The number of benzene rings is 2. The second-order valence-electron chi connectivity index (χ2n) is 7.75. The van der Waals surface area contributed by atoms with E-state index in [9.17, 15) is 18.0 Å². The first kappa shape index (κ1) is 26.8. The minimum atomic E-state index is -4.61. The topological polar surface area (TPSA) is 80.2 Å². The molecule has 1 heterocycles. The fourth-order valence-corrected chi connectivity index (χ4v) is 4.07. The first-order valence-electron chi connectivity index (χ1n) is 10.6. The zero-order valence-electron chi connectivity index (χ0n) is 18.4. The van der Waals surface area contributed by atoms with Crippen molar-refractivity contribution >= 4 is 35.0 Å². The van der Waals surface area contributed by atoms with E-state index in [1.165, 1.54) is 18.2 Å². The van der Waals surface area contributed by atoms with Crippen LogP contribution in [0.4, 0.5) is 13.2 Å². The highest BCUT2D eigenvalue weighted by atomic mass is 35.5. The summed E-state index contributed by atoms with van der Waals surface area (Å²) >= 11 is 12.4. The van der Waals surface area contributed by atoms with Crippen LogP contribution in [0.15, 0.2) is 60.1 Å². The van der Waals surface area contributed by atoms with Gasteiger partial charge in [0.1, 0.15) is 12.3 Å². The summed E-state index contributed by atoms with van der Waals surface area (Å²) in [6.07, 6.45) is -4.02. The molecular weight excluding hydrogens is 508 g/mol. The minimum absolute atomic E-state index is 0.000829. The molecule has 0 saturated carbocycles. The van der Waals surface area contributed by atoms with Crippen molar-refractivity contribution in [3.8, 4) is 5.75 Å². The van der Waals surface area contributed by atoms with E-state index < -0.39 is 30.3 Å². The van der Waals surface area contributed by atoms with Crippen LogP contribution in [0.25, 0.3) is 0 Å². The van der Waals surface area contributed by atoms with Crippen molar-refractivity contribution in [3.63, 3.8) is 0 Å². The van der Waals surface area contributed by atoms with E-state index in [0.29, 0.717) is 34.9 Å². The number of carbonyl (C=O) groups excluding carboxylic acids is 1. The molecule has 6 nitrogen and oxygen atoms in total. The molecule has 188 valence electrons. The fourth-order valence-electron chi connectivity index (χ4n) is 3.56. The lowest BCUT2D eigenvalue weighted by atomic mass is 9.84. The van der Waals surface area contributed by atoms with Crippen LogP contribution in [-0.4, -0.2) is 48.4 Å². The molecule has 1 aliphatic heterocycles. The van der Waals surface area contributed by atoms with Gasteiger partial charge in [-0.15, -0.1) is 6.58 Å². The zero-order chi connectivity index (χ0) is 25.6. The van der Waals surface area contributed by atoms with E-state index in [1.807, 2.05) is 5.32 Å². The van der Waals surface area contributed by atoms with E-state index in [0.717, 1.165) is 0 Å². The standard InChI is InChI=1S/C24H23Cl2F3N2O4/c1-2-10-23(22(33)30-14-24(27,28)29)20(18-9-6-16(25)13-19(18)26)35-21(31-23)15-4-7-17(8-5-15)34-12-3-11-32/h2,4-9,13,20,32H,1,3,10-12,14H2,(H,30,33)/t20-,23-/m1/s1. The average molecular weight is 531 g/mol. The molecule has 2 atom stereocenters. The van der Waals surface area contributed by atoms with Crippen molar-refractivity contribution in [1.82, 2.24) is 5.32 Å². The second kappa shape index (κ2) is 11.3. The highest BCUT2D eigenvalue weighted by Gasteiger charge is 2.53. The molecule has 2 aromatic carbocycles. The lowest BCUT2D eigenvalue weighted by molar-refractivity contribution is -0.143. The van der Waals surface area contributed by atoms with Crippen molar-refractivity contribution in [3.05, 3.63) is 76.3 Å². The Kier molecular flexibility index (Phi) is 8.69. The summed E-state index contributed by atoms with van der Waals surface area (Å²) < 4.78 is 50.2. The number of ether oxygens (including phenoxy) is 2. The number of nitrogens with one attached hydrogen (secondary N) is 1. The minimum Gasteiger partial charge on any atom is -0.494 e. The Labute approximate surface area is 210 Å². The normalized spacial score (nSPS) is 19.6. The maximum atomic E-state index is 13.2. The third-order valence-electron chi connectivity index (χ3n) is 5.18. The molecule has 35 heavy (non-hydrogen) atoms. The van der Waals surface area contributed by atoms with Crippen LogP contribution in [0.1, 0.15) is 30.1 Å². The number of alkyl halides is 3. The third-order valence-corrected chi connectivity index (χ3v) is 5.74. The number of amides is 1. The first-order chi connectivity index (χ1) is 16.6. The van der Waals surface area contributed by atoms with Gasteiger partial charge >= 0.3 is 6.18 Å². The van der Waals surface area contributed by atoms with Crippen molar-refractivity contribution in [1.29, 1.82) is 0 Å². The Hall–Kier alpha value is -2.75. The molecule has 2 aromatic rings. The van der Waals surface area contributed by atoms with Gasteiger partial charge in [0, 0.05) is 40.6 Å². The van der Waals surface area contributed by atoms with Crippen LogP contribution < -0.4 is 10.1 Å². The number of rotatable bonds is 10. The van der Waals surface area contributed by atoms with E-state index in [1.54, 1.807) is 30.3 Å². The molecular formula is C24H23Cl2F3N2O4. The predicted molar refractivity (Wildman–Crippen MR) is 127 cm³/mol. The molecule has 3 rings (SSSR count). The number of nitrogens with zero attached hydrogens (tertiary/aromatic N) is 1. The van der Waals surface area contributed by atoms with E-state index in [-0.39, 0.29) is 23.9 Å². The third kappa shape index (κ3) is 6.48. The zero-order valence-corrected chi connectivity index (χ0v) is 20.0. The van der Waals surface area contributed by atoms with Gasteiger partial charge in [0.15, 0.2) is 11.6 Å². The Balaban J connectivity index is 2.01. The van der Waals surface area contributed by atoms with Gasteiger partial charge in [-0.25, -0.2) is 4.99 Å². The summed E-state index contributed by atoms with van der Waals surface area (Å²) in [5.74, 6) is -0.394. The van der Waals surface area contributed by atoms with E-state index >= 15 is 0 Å². The summed E-state index contributed by atoms with van der Waals surface area (Å²) in [5, 5.41) is 11.3. The maximum absolute atomic E-state index is 13.2. The van der Waals surface area contributed by atoms with Gasteiger partial charge in [-0.05, 0) is 36.4 Å². The molecule has 0 radical (unpaired) electrons. The highest BCUT2D eigenvalue weighted by Crippen LogP contribution is 2.45. The van der Waals surface area contributed by atoms with E-state index in [4.69, 9.17) is 37.8 Å². The molecule has 0 bridgehead atoms. The van der Waals surface area contributed by atoms with Gasteiger partial charge in [-0.3, -0.25) is 4.79 Å². The van der Waals surface area contributed by atoms with Gasteiger partial charge < -0.3 is 19.9 Å². The molecule has 11 heteroatoms. The van der Waals surface area contributed by atoms with Crippen LogP contribution in [0, 0.1) is 0 Å². The van der Waals surface area contributed by atoms with Crippen molar-refractivity contribution in [2.45, 2.75) is 30.7 Å². The Morgan fingerprint density at radius 3 is 2.57 bits per heavy atom. The van der Waals surface area contributed by atoms with E-state index in [2.05, 4.69) is 11.6 Å². The maximum Gasteiger partial charge on any atom is 0.405 e. The quantitative estimate of drug-likeness (QED) is 0.324. The van der Waals surface area contributed by atoms with Crippen molar-refractivity contribution < 1.29 is 32.5 Å². The number of aliphatic imine (C=N–C) groups is 1. The molecule has 0 aromatic heterocycles. The van der Waals surface area contributed by atoms with Crippen LogP contribution in [0.3, 0.4) is 0 Å². The van der Waals surface area contributed by atoms with Gasteiger partial charge in [-0.1, -0.05) is 35.3 Å². The number of hydrogen-bond acceptors (Lipinski definition) is 5. The smallest absolute Gasteiger partial charge is 0.405 e. The predicted octanol–water partition coefficient (Wildman–Crippen LogP) is 5.27. The lowest BCUT2D eigenvalue weighted by Crippen LogP contribution is -2.50. The lowest BCUT2D eigenvalue weighted by Gasteiger charge is -2.30. The highest BCUT2D eigenvalue weighted by molar-refractivity contribution is 6.35. The number of aliphatic hydroxyl groups is 1. The molecule has 0 fully saturated rings. The molecule has 1 aliphatic rings. The first-order valence-corrected chi connectivity index (χ1v) is 11.4. The summed E-state index contributed by atoms with van der Waals surface area (Å²) in [6, 6.07) is 11.1. The monoisotopic (exact) mass is 530 g/mol. The van der Waals surface area contributed by atoms with Crippen molar-refractivity contribution in [2.24, 2.45) is 4.99 Å². The summed E-state index contributed by atoms with van der Waals surface area (Å²) in [5.41, 5.74) is -0.984. The van der Waals surface area contributed by atoms with Crippen LogP contribution in [-0.2, 0) is 9.53 Å². The van der Waals surface area contributed by atoms with Crippen LogP contribution in [0.2, 0.25) is 10.0 Å². The Morgan fingerprint density at radius 1 is 1.26 bits per heavy atom. The van der Waals surface area contributed by atoms with Crippen LogP contribution >= 0.6 is 23.2 Å². The molecule has 0 aliphatic carbocycles. The summed E-state index contributed by atoms with van der Waals surface area (Å²) in [7, 11) is 0. The second-order valence-corrected chi connectivity index (χ2v) is 8.59. The molecule has 0 unspecified atom stereocenters. The SMILES string of the molecule is C=CC[C@@]1(C(=O)NCC(F)(F)F)N=C(c2ccc(OCCCO)cc2)O[C@@H]1c1ccc(Cl)cc1Cl. The van der Waals surface area contributed by atoms with Gasteiger partial charge in [0.05, 0.1) is 6.61 Å². The van der Waals surface area contributed by atoms with Gasteiger partial charge in [-0.2, -0.15) is 13.2 Å². The Morgan fingerprint density at radius 2 is 1.97 bits per heavy atom. The number of hydrogen-bond donors (Lipinski definition) is 2. The molecule has 0 spiro atoms. The molecule has 2 N–H and O–H groups in total. The van der Waals surface area contributed by atoms with Gasteiger partial charge in [0.2, 0.25) is 5.90 Å². The average Bonchev–Trinajstić information content (AvgIpc) is 3.18. The fraction of sp³-hybridized carbons (Fsp3) is 0.333. The van der Waals surface area contributed by atoms with Gasteiger partial charge in [0.25, 0.3) is 5.91 Å².